The zero-order valence-corrected chi connectivity index (χ0v) is 31.8. The number of rotatable bonds is 7. The molecule has 0 saturated heterocycles. The van der Waals surface area contributed by atoms with Crippen LogP contribution in [0, 0.1) is 10.1 Å². The molecular weight excluding hydrogens is 698 g/mol. The van der Waals surface area contributed by atoms with Crippen molar-refractivity contribution in [2.45, 2.75) is 44.4 Å². The molecule has 5 aromatic rings. The van der Waals surface area contributed by atoms with Crippen LogP contribution >= 0.6 is 0 Å². The molecule has 0 aromatic heterocycles. The molecule has 0 N–H and O–H groups in total. The summed E-state index contributed by atoms with van der Waals surface area (Å²) in [5.41, 5.74) is 7.69. The lowest BCUT2D eigenvalue weighted by Gasteiger charge is -2.37. The Bertz CT molecular complexity index is 2220. The van der Waals surface area contributed by atoms with Crippen molar-refractivity contribution in [2.24, 2.45) is 0 Å². The highest BCUT2D eigenvalue weighted by atomic mass is 16.6. The predicted molar refractivity (Wildman–Crippen MR) is 209 cm³/mol. The van der Waals surface area contributed by atoms with Gasteiger partial charge in [0.15, 0.2) is 34.5 Å². The van der Waals surface area contributed by atoms with Gasteiger partial charge in [-0.2, -0.15) is 0 Å². The van der Waals surface area contributed by atoms with Crippen molar-refractivity contribution in [3.8, 4) is 46.0 Å². The largest absolute Gasteiger partial charge is 0.493 e. The average Bonchev–Trinajstić information content (AvgIpc) is 3.19. The van der Waals surface area contributed by atoms with Crippen LogP contribution in [0.15, 0.2) is 84.9 Å². The molecule has 55 heavy (non-hydrogen) atoms. The zero-order valence-electron chi connectivity index (χ0n) is 31.8. The van der Waals surface area contributed by atoms with Crippen molar-refractivity contribution >= 4 is 5.69 Å². The van der Waals surface area contributed by atoms with Gasteiger partial charge in [-0.05, 0) is 128 Å². The van der Waals surface area contributed by atoms with Crippen LogP contribution in [0.25, 0.3) is 0 Å². The number of nitro groups is 1. The minimum Gasteiger partial charge on any atom is -0.493 e. The van der Waals surface area contributed by atoms with E-state index >= 15 is 0 Å². The van der Waals surface area contributed by atoms with Crippen LogP contribution in [0.1, 0.15) is 51.0 Å². The minimum absolute atomic E-state index is 0.0354. The van der Waals surface area contributed by atoms with Gasteiger partial charge in [0.2, 0.25) is 5.75 Å². The van der Waals surface area contributed by atoms with Gasteiger partial charge < -0.3 is 28.4 Å². The molecule has 6 bridgehead atoms. The first kappa shape index (κ1) is 36.2. The second-order valence-electron chi connectivity index (χ2n) is 14.5. The number of nitro benzene ring substituents is 1. The number of likely N-dealkylation sites (N-methyl/N-ethyl adjacent to an activating group) is 2. The highest BCUT2D eigenvalue weighted by Crippen LogP contribution is 2.52. The van der Waals surface area contributed by atoms with Crippen molar-refractivity contribution < 1.29 is 33.3 Å². The van der Waals surface area contributed by atoms with Crippen molar-refractivity contribution in [2.75, 3.05) is 48.5 Å². The molecule has 2 atom stereocenters. The Balaban J connectivity index is 1.26. The Morgan fingerprint density at radius 1 is 0.709 bits per heavy atom. The third-order valence-electron chi connectivity index (χ3n) is 11.2. The molecule has 0 fully saturated rings. The molecular formula is C44H45N3O8. The topological polar surface area (TPSA) is 105 Å². The van der Waals surface area contributed by atoms with Crippen LogP contribution in [-0.4, -0.2) is 63.2 Å². The van der Waals surface area contributed by atoms with Gasteiger partial charge in [-0.25, -0.2) is 0 Å². The summed E-state index contributed by atoms with van der Waals surface area (Å²) in [6.45, 7) is 1.98. The SMILES string of the molecule is COc1cc2c3cc1Oc1c(OC)c(OC)cc4c1[C@@H](Cc1ccc(OCc5ccc([N+](=O)[O-])cc5)c(c1)Oc1ccc(cc1)C[C@@H]3N(C)CC2)N(C)CC4. The maximum atomic E-state index is 11.2. The first-order chi connectivity index (χ1) is 26.7. The first-order valence-electron chi connectivity index (χ1n) is 18.6. The summed E-state index contributed by atoms with van der Waals surface area (Å²) in [5.74, 6) is 4.90. The van der Waals surface area contributed by atoms with Crippen molar-refractivity contribution in [1.82, 2.24) is 9.80 Å². The maximum Gasteiger partial charge on any atom is 0.269 e. The number of ether oxygens (including phenoxy) is 6. The molecule has 0 radical (unpaired) electrons. The van der Waals surface area contributed by atoms with Gasteiger partial charge >= 0.3 is 0 Å². The summed E-state index contributed by atoms with van der Waals surface area (Å²) in [7, 11) is 9.31. The fourth-order valence-electron chi connectivity index (χ4n) is 8.10. The summed E-state index contributed by atoms with van der Waals surface area (Å²) < 4.78 is 38.0. The standard InChI is InChI=1S/C44H45N3O8/c1-45-18-16-30-23-38(50-3)40-25-34(30)35(45)20-27-8-13-33(14-9-27)54-39-22-29(10-15-37(39)53-26-28-6-11-32(12-7-28)47(48)49)21-36-42-31(17-19-46(36)2)24-41(51-4)43(52-5)44(42)55-40/h6-15,22-25,35-36H,16-21,26H2,1-5H3/t35-,36+/m0/s1. The van der Waals surface area contributed by atoms with Gasteiger partial charge in [0.05, 0.1) is 26.3 Å². The van der Waals surface area contributed by atoms with Gasteiger partial charge in [-0.1, -0.05) is 18.2 Å². The first-order valence-corrected chi connectivity index (χ1v) is 18.6. The molecule has 9 rings (SSSR count). The van der Waals surface area contributed by atoms with Crippen LogP contribution in [0.3, 0.4) is 0 Å². The monoisotopic (exact) mass is 743 g/mol. The number of benzene rings is 5. The molecule has 0 saturated carbocycles. The van der Waals surface area contributed by atoms with Crippen molar-refractivity contribution in [3.05, 3.63) is 134 Å². The third kappa shape index (κ3) is 7.13. The molecule has 0 spiro atoms. The highest BCUT2D eigenvalue weighted by Gasteiger charge is 2.35. The van der Waals surface area contributed by atoms with E-state index in [4.69, 9.17) is 28.4 Å². The van der Waals surface area contributed by atoms with Gasteiger partial charge in [0.1, 0.15) is 12.4 Å². The van der Waals surface area contributed by atoms with E-state index < -0.39 is 4.92 Å². The third-order valence-corrected chi connectivity index (χ3v) is 11.2. The number of hydrogen-bond donors (Lipinski definition) is 0. The molecule has 0 aliphatic carbocycles. The fraction of sp³-hybridized carbons (Fsp3) is 0.318. The van der Waals surface area contributed by atoms with E-state index in [2.05, 4.69) is 60.3 Å². The molecule has 4 aliphatic rings. The number of nitrogens with zero attached hydrogens (tertiary/aromatic N) is 3. The summed E-state index contributed by atoms with van der Waals surface area (Å²) >= 11 is 0. The zero-order chi connectivity index (χ0) is 38.2. The maximum absolute atomic E-state index is 11.2. The molecule has 284 valence electrons. The lowest BCUT2D eigenvalue weighted by Crippen LogP contribution is -2.34. The molecule has 5 aromatic carbocycles. The molecule has 11 nitrogen and oxygen atoms in total. The number of non-ortho nitro benzene ring substituents is 1. The van der Waals surface area contributed by atoms with Gasteiger partial charge in [0, 0.05) is 42.9 Å². The molecule has 11 heteroatoms. The molecule has 4 aliphatic heterocycles. The summed E-state index contributed by atoms with van der Waals surface area (Å²) in [5, 5.41) is 11.2. The second-order valence-corrected chi connectivity index (χ2v) is 14.5. The minimum atomic E-state index is -0.408. The van der Waals surface area contributed by atoms with Gasteiger partial charge in [0.25, 0.3) is 5.69 Å². The Morgan fingerprint density at radius 2 is 1.36 bits per heavy atom. The fourth-order valence-corrected chi connectivity index (χ4v) is 8.10. The summed E-state index contributed by atoms with van der Waals surface area (Å²) in [6.07, 6.45) is 3.15. The van der Waals surface area contributed by atoms with Crippen LogP contribution in [0.4, 0.5) is 5.69 Å². The van der Waals surface area contributed by atoms with Gasteiger partial charge in [-0.3, -0.25) is 19.9 Å². The van der Waals surface area contributed by atoms with Crippen molar-refractivity contribution in [3.63, 3.8) is 0 Å². The Kier molecular flexibility index (Phi) is 9.98. The summed E-state index contributed by atoms with van der Waals surface area (Å²) in [4.78, 5) is 15.5. The smallest absolute Gasteiger partial charge is 0.269 e. The molecule has 0 unspecified atom stereocenters. The predicted octanol–water partition coefficient (Wildman–Crippen LogP) is 8.64. The van der Waals surface area contributed by atoms with Crippen LogP contribution in [0.2, 0.25) is 0 Å². The summed E-state index contributed by atoms with van der Waals surface area (Å²) in [6, 6.07) is 27.1. The van der Waals surface area contributed by atoms with E-state index in [9.17, 15) is 10.1 Å². The Labute approximate surface area is 321 Å². The quantitative estimate of drug-likeness (QED) is 0.119. The van der Waals surface area contributed by atoms with Crippen molar-refractivity contribution in [1.29, 1.82) is 0 Å². The lowest BCUT2D eigenvalue weighted by atomic mass is 9.87. The van der Waals surface area contributed by atoms with Crippen LogP contribution in [-0.2, 0) is 32.3 Å². The normalized spacial score (nSPS) is 17.8. The Morgan fingerprint density at radius 3 is 2.07 bits per heavy atom. The number of fused-ring (bicyclic) bond motifs is 2. The molecule has 0 amide bonds. The van der Waals surface area contributed by atoms with E-state index in [1.54, 1.807) is 33.5 Å². The lowest BCUT2D eigenvalue weighted by molar-refractivity contribution is -0.384. The van der Waals surface area contributed by atoms with E-state index in [-0.39, 0.29) is 24.4 Å². The number of methoxy groups -OCH3 is 3. The van der Waals surface area contributed by atoms with Gasteiger partial charge in [-0.15, -0.1) is 0 Å². The Hall–Kier alpha value is -5.78. The highest BCUT2D eigenvalue weighted by molar-refractivity contribution is 5.64. The van der Waals surface area contributed by atoms with E-state index in [1.165, 1.54) is 28.8 Å². The van der Waals surface area contributed by atoms with Crippen LogP contribution < -0.4 is 28.4 Å². The second kappa shape index (κ2) is 15.2. The average molecular weight is 744 g/mol. The van der Waals surface area contributed by atoms with Crippen LogP contribution in [0.5, 0.6) is 46.0 Å². The van der Waals surface area contributed by atoms with E-state index in [0.717, 1.165) is 54.6 Å². The number of hydrogen-bond acceptors (Lipinski definition) is 10. The van der Waals surface area contributed by atoms with E-state index in [0.29, 0.717) is 52.4 Å². The van der Waals surface area contributed by atoms with E-state index in [1.807, 2.05) is 24.3 Å². The molecule has 4 heterocycles.